The molecule has 6 nitrogen and oxygen atoms in total. The molecule has 3 aromatic rings. The summed E-state index contributed by atoms with van der Waals surface area (Å²) < 4.78 is 10.9. The van der Waals surface area contributed by atoms with Crippen LogP contribution in [0.25, 0.3) is 0 Å². The smallest absolute Gasteiger partial charge is 0.243 e. The first-order chi connectivity index (χ1) is 19.0. The van der Waals surface area contributed by atoms with Crippen LogP contribution in [-0.4, -0.2) is 35.6 Å². The van der Waals surface area contributed by atoms with E-state index in [1.807, 2.05) is 67.6 Å². The number of nitrogens with one attached hydrogen (secondary N) is 1. The predicted octanol–water partition coefficient (Wildman–Crippen LogP) is 5.75. The Morgan fingerprint density at radius 1 is 0.872 bits per heavy atom. The molecule has 2 amide bonds. The first kappa shape index (κ1) is 26.8. The van der Waals surface area contributed by atoms with Crippen molar-refractivity contribution in [2.45, 2.75) is 76.9 Å². The van der Waals surface area contributed by atoms with Crippen molar-refractivity contribution in [2.24, 2.45) is 0 Å². The van der Waals surface area contributed by atoms with Gasteiger partial charge in [-0.3, -0.25) is 9.59 Å². The number of ether oxygens (including phenoxy) is 2. The maximum absolute atomic E-state index is 13.9. The zero-order valence-corrected chi connectivity index (χ0v) is 22.7. The topological polar surface area (TPSA) is 67.9 Å². The van der Waals surface area contributed by atoms with Gasteiger partial charge in [-0.05, 0) is 55.0 Å². The molecular formula is C33H38N2O4. The highest BCUT2D eigenvalue weighted by atomic mass is 16.7. The Hall–Kier alpha value is -3.80. The molecule has 1 N–H and O–H groups in total. The van der Waals surface area contributed by atoms with Gasteiger partial charge in [-0.1, -0.05) is 85.5 Å². The van der Waals surface area contributed by atoms with E-state index in [1.54, 1.807) is 4.90 Å². The highest BCUT2D eigenvalue weighted by Gasteiger charge is 2.31. The number of aryl methyl sites for hydroxylation is 2. The number of carbonyl (C=O) groups is 2. The Kier molecular flexibility index (Phi) is 8.82. The van der Waals surface area contributed by atoms with Gasteiger partial charge >= 0.3 is 0 Å². The highest BCUT2D eigenvalue weighted by Crippen LogP contribution is 2.33. The fourth-order valence-electron chi connectivity index (χ4n) is 5.48. The molecule has 1 atom stereocenters. The SMILES string of the molecule is Cc1ccc(CN(C(=O)CCc2ccc3c(c2)OCO3)C(Cc2ccccc2)C(=O)NC2CCCCC2)cc1. The molecule has 0 radical (unpaired) electrons. The number of benzene rings is 3. The van der Waals surface area contributed by atoms with E-state index in [2.05, 4.69) is 17.4 Å². The molecule has 2 aliphatic rings. The van der Waals surface area contributed by atoms with Crippen molar-refractivity contribution in [1.82, 2.24) is 10.2 Å². The monoisotopic (exact) mass is 526 g/mol. The summed E-state index contributed by atoms with van der Waals surface area (Å²) in [5, 5.41) is 3.31. The predicted molar refractivity (Wildman–Crippen MR) is 152 cm³/mol. The van der Waals surface area contributed by atoms with Crippen molar-refractivity contribution < 1.29 is 19.1 Å². The molecular weight excluding hydrogens is 488 g/mol. The van der Waals surface area contributed by atoms with Crippen molar-refractivity contribution in [2.75, 3.05) is 6.79 Å². The molecule has 3 aromatic carbocycles. The van der Waals surface area contributed by atoms with Crippen molar-refractivity contribution in [3.05, 3.63) is 95.1 Å². The molecule has 6 heteroatoms. The van der Waals surface area contributed by atoms with Crippen molar-refractivity contribution in [3.8, 4) is 11.5 Å². The van der Waals surface area contributed by atoms with E-state index in [9.17, 15) is 9.59 Å². The van der Waals surface area contributed by atoms with Gasteiger partial charge in [-0.25, -0.2) is 0 Å². The van der Waals surface area contributed by atoms with Crippen LogP contribution in [0.1, 0.15) is 60.8 Å². The standard InChI is InChI=1S/C33H38N2O4/c1-24-12-14-27(15-13-24)22-35(32(36)19-17-26-16-18-30-31(21-26)39-23-38-30)29(20-25-8-4-2-5-9-25)33(37)34-28-10-6-3-7-11-28/h2,4-5,8-9,12-16,18,21,28-29H,3,6-7,10-11,17,19-20,22-23H2,1H3,(H,34,37). The molecule has 1 unspecified atom stereocenters. The molecule has 0 aromatic heterocycles. The van der Waals surface area contributed by atoms with Crippen LogP contribution in [-0.2, 0) is 29.0 Å². The quantitative estimate of drug-likeness (QED) is 0.366. The maximum atomic E-state index is 13.9. The van der Waals surface area contributed by atoms with Crippen LogP contribution in [0.3, 0.4) is 0 Å². The van der Waals surface area contributed by atoms with Gasteiger partial charge in [0.1, 0.15) is 6.04 Å². The Balaban J connectivity index is 1.39. The van der Waals surface area contributed by atoms with Crippen molar-refractivity contribution in [1.29, 1.82) is 0 Å². The second kappa shape index (κ2) is 12.8. The third-order valence-corrected chi connectivity index (χ3v) is 7.76. The minimum atomic E-state index is -0.597. The number of hydrogen-bond acceptors (Lipinski definition) is 4. The molecule has 0 spiro atoms. The first-order valence-electron chi connectivity index (χ1n) is 14.1. The summed E-state index contributed by atoms with van der Waals surface area (Å²) in [4.78, 5) is 29.6. The number of carbonyl (C=O) groups excluding carboxylic acids is 2. The molecule has 0 saturated heterocycles. The molecule has 204 valence electrons. The van der Waals surface area contributed by atoms with E-state index < -0.39 is 6.04 Å². The molecule has 39 heavy (non-hydrogen) atoms. The lowest BCUT2D eigenvalue weighted by atomic mass is 9.94. The number of amides is 2. The van der Waals surface area contributed by atoms with Crippen LogP contribution in [0, 0.1) is 6.92 Å². The zero-order valence-electron chi connectivity index (χ0n) is 22.7. The third kappa shape index (κ3) is 7.20. The lowest BCUT2D eigenvalue weighted by molar-refractivity contribution is -0.141. The summed E-state index contributed by atoms with van der Waals surface area (Å²) in [5.41, 5.74) is 4.23. The van der Waals surface area contributed by atoms with E-state index in [-0.39, 0.29) is 24.6 Å². The van der Waals surface area contributed by atoms with Crippen LogP contribution >= 0.6 is 0 Å². The van der Waals surface area contributed by atoms with Gasteiger partial charge in [0.2, 0.25) is 18.6 Å². The molecule has 0 bridgehead atoms. The van der Waals surface area contributed by atoms with Crippen molar-refractivity contribution >= 4 is 11.8 Å². The normalized spacial score (nSPS) is 15.5. The number of hydrogen-bond donors (Lipinski definition) is 1. The van der Waals surface area contributed by atoms with E-state index in [1.165, 1.54) is 6.42 Å². The summed E-state index contributed by atoms with van der Waals surface area (Å²) in [7, 11) is 0. The minimum Gasteiger partial charge on any atom is -0.454 e. The van der Waals surface area contributed by atoms with Gasteiger partial charge < -0.3 is 19.7 Å². The zero-order chi connectivity index (χ0) is 27.0. The first-order valence-corrected chi connectivity index (χ1v) is 14.1. The lowest BCUT2D eigenvalue weighted by Crippen LogP contribution is -2.52. The average molecular weight is 527 g/mol. The van der Waals surface area contributed by atoms with Crippen LogP contribution in [0.2, 0.25) is 0 Å². The van der Waals surface area contributed by atoms with Crippen LogP contribution in [0.15, 0.2) is 72.8 Å². The molecule has 1 fully saturated rings. The summed E-state index contributed by atoms with van der Waals surface area (Å²) in [6, 6.07) is 23.6. The summed E-state index contributed by atoms with van der Waals surface area (Å²) in [6.45, 7) is 2.66. The lowest BCUT2D eigenvalue weighted by Gasteiger charge is -2.33. The summed E-state index contributed by atoms with van der Waals surface area (Å²) in [6.07, 6.45) is 6.82. The van der Waals surface area contributed by atoms with Gasteiger partial charge in [0.15, 0.2) is 11.5 Å². The van der Waals surface area contributed by atoms with E-state index >= 15 is 0 Å². The number of nitrogens with zero attached hydrogens (tertiary/aromatic N) is 1. The Morgan fingerprint density at radius 3 is 2.36 bits per heavy atom. The van der Waals surface area contributed by atoms with Gasteiger partial charge in [0, 0.05) is 25.4 Å². The van der Waals surface area contributed by atoms with Gasteiger partial charge in [0.05, 0.1) is 0 Å². The number of rotatable bonds is 10. The second-order valence-corrected chi connectivity index (χ2v) is 10.7. The third-order valence-electron chi connectivity index (χ3n) is 7.76. The van der Waals surface area contributed by atoms with Crippen LogP contribution in [0.4, 0.5) is 0 Å². The molecule has 1 saturated carbocycles. The fourth-order valence-corrected chi connectivity index (χ4v) is 5.48. The van der Waals surface area contributed by atoms with Crippen LogP contribution in [0.5, 0.6) is 11.5 Å². The van der Waals surface area contributed by atoms with Gasteiger partial charge in [-0.15, -0.1) is 0 Å². The fraction of sp³-hybridized carbons (Fsp3) is 0.394. The Labute approximate surface area is 231 Å². The van der Waals surface area contributed by atoms with E-state index in [0.29, 0.717) is 31.6 Å². The summed E-state index contributed by atoms with van der Waals surface area (Å²) >= 11 is 0. The van der Waals surface area contributed by atoms with E-state index in [4.69, 9.17) is 9.47 Å². The van der Waals surface area contributed by atoms with Crippen LogP contribution < -0.4 is 14.8 Å². The molecule has 1 aliphatic carbocycles. The minimum absolute atomic E-state index is 0.0343. The molecule has 1 heterocycles. The maximum Gasteiger partial charge on any atom is 0.243 e. The number of fused-ring (bicyclic) bond motifs is 1. The van der Waals surface area contributed by atoms with E-state index in [0.717, 1.165) is 53.7 Å². The van der Waals surface area contributed by atoms with Gasteiger partial charge in [0.25, 0.3) is 0 Å². The summed E-state index contributed by atoms with van der Waals surface area (Å²) in [5.74, 6) is 1.35. The molecule has 5 rings (SSSR count). The van der Waals surface area contributed by atoms with Crippen molar-refractivity contribution in [3.63, 3.8) is 0 Å². The van der Waals surface area contributed by atoms with Gasteiger partial charge in [-0.2, -0.15) is 0 Å². The molecule has 1 aliphatic heterocycles. The largest absolute Gasteiger partial charge is 0.454 e. The Bertz CT molecular complexity index is 1250. The average Bonchev–Trinajstić information content (AvgIpc) is 3.44. The highest BCUT2D eigenvalue weighted by molar-refractivity contribution is 5.88. The Morgan fingerprint density at radius 2 is 1.59 bits per heavy atom. The second-order valence-electron chi connectivity index (χ2n) is 10.7.